The van der Waals surface area contributed by atoms with Crippen LogP contribution in [0.3, 0.4) is 0 Å². The van der Waals surface area contributed by atoms with Crippen molar-refractivity contribution in [1.29, 1.82) is 0 Å². The summed E-state index contributed by atoms with van der Waals surface area (Å²) in [4.78, 5) is 17.4. The van der Waals surface area contributed by atoms with E-state index in [4.69, 9.17) is 0 Å². The third-order valence-electron chi connectivity index (χ3n) is 4.50. The molecule has 6 heteroatoms. The van der Waals surface area contributed by atoms with Crippen LogP contribution < -0.4 is 0 Å². The van der Waals surface area contributed by atoms with Gasteiger partial charge in [0.15, 0.2) is 9.84 Å². The van der Waals surface area contributed by atoms with Gasteiger partial charge in [-0.25, -0.2) is 8.42 Å². The maximum atomic E-state index is 12.5. The molecule has 1 fully saturated rings. The van der Waals surface area contributed by atoms with E-state index in [9.17, 15) is 13.2 Å². The minimum absolute atomic E-state index is 0.0325. The lowest BCUT2D eigenvalue weighted by molar-refractivity contribution is -0.130. The molecule has 1 aromatic carbocycles. The monoisotopic (exact) mass is 320 g/mol. The Labute approximate surface area is 130 Å². The molecule has 1 aliphatic heterocycles. The van der Waals surface area contributed by atoms with Crippen LogP contribution in [0.2, 0.25) is 0 Å². The molecule has 1 aliphatic rings. The van der Waals surface area contributed by atoms with E-state index < -0.39 is 9.84 Å². The molecule has 118 valence electrons. The number of H-pyrrole nitrogens is 1. The number of aryl methyl sites for hydroxylation is 1. The summed E-state index contributed by atoms with van der Waals surface area (Å²) < 4.78 is 23.1. The summed E-state index contributed by atoms with van der Waals surface area (Å²) in [6.45, 7) is 1.96. The van der Waals surface area contributed by atoms with Crippen molar-refractivity contribution in [3.8, 4) is 0 Å². The Hall–Kier alpha value is -1.82. The van der Waals surface area contributed by atoms with Crippen LogP contribution >= 0.6 is 0 Å². The summed E-state index contributed by atoms with van der Waals surface area (Å²) in [5, 5.41) is 1.06. The van der Waals surface area contributed by atoms with Crippen LogP contribution in [0.25, 0.3) is 10.9 Å². The number of aromatic amines is 1. The summed E-state index contributed by atoms with van der Waals surface area (Å²) in [5.74, 6) is 0.235. The first-order valence-electron chi connectivity index (χ1n) is 7.39. The van der Waals surface area contributed by atoms with Crippen molar-refractivity contribution in [1.82, 2.24) is 9.88 Å². The van der Waals surface area contributed by atoms with Crippen LogP contribution in [0.15, 0.2) is 24.3 Å². The van der Waals surface area contributed by atoms with E-state index in [0.29, 0.717) is 12.8 Å². The van der Waals surface area contributed by atoms with Gasteiger partial charge in [0.2, 0.25) is 5.91 Å². The number of rotatable bonds is 3. The van der Waals surface area contributed by atoms with Gasteiger partial charge in [-0.3, -0.25) is 4.79 Å². The molecule has 0 spiro atoms. The topological polar surface area (TPSA) is 70.2 Å². The van der Waals surface area contributed by atoms with Gasteiger partial charge in [-0.15, -0.1) is 0 Å². The zero-order chi connectivity index (χ0) is 15.9. The number of benzene rings is 1. The van der Waals surface area contributed by atoms with Gasteiger partial charge < -0.3 is 9.88 Å². The van der Waals surface area contributed by atoms with Gasteiger partial charge in [-0.1, -0.05) is 18.2 Å². The Kier molecular flexibility index (Phi) is 3.72. The molecule has 2 heterocycles. The summed E-state index contributed by atoms with van der Waals surface area (Å²) in [5.41, 5.74) is 3.00. The van der Waals surface area contributed by atoms with Crippen LogP contribution in [-0.4, -0.2) is 48.8 Å². The fourth-order valence-electron chi connectivity index (χ4n) is 3.12. The van der Waals surface area contributed by atoms with E-state index in [0.717, 1.165) is 22.2 Å². The molecule has 1 aromatic heterocycles. The van der Waals surface area contributed by atoms with Gasteiger partial charge in [-0.05, 0) is 25.0 Å². The Balaban J connectivity index is 1.80. The second kappa shape index (κ2) is 5.43. The first-order chi connectivity index (χ1) is 10.4. The summed E-state index contributed by atoms with van der Waals surface area (Å²) >= 11 is 0. The Morgan fingerprint density at radius 1 is 1.36 bits per heavy atom. The van der Waals surface area contributed by atoms with Gasteiger partial charge in [0, 0.05) is 29.7 Å². The summed E-state index contributed by atoms with van der Waals surface area (Å²) in [6, 6.07) is 7.71. The third kappa shape index (κ3) is 2.75. The molecule has 0 radical (unpaired) electrons. The number of likely N-dealkylation sites (N-methyl/N-ethyl adjacent to an activating group) is 1. The number of nitrogens with zero attached hydrogens (tertiary/aromatic N) is 1. The molecule has 1 atom stereocenters. The van der Waals surface area contributed by atoms with Crippen molar-refractivity contribution in [2.45, 2.75) is 25.8 Å². The number of amides is 1. The molecule has 5 nitrogen and oxygen atoms in total. The van der Waals surface area contributed by atoms with E-state index in [1.807, 2.05) is 31.2 Å². The standard InChI is InChI=1S/C16H20N2O3S/c1-11-14(13-5-3-4-6-15(13)17-11)9-16(19)18(2)12-7-8-22(20,21)10-12/h3-6,12,17H,7-10H2,1-2H3/t12-/m0/s1. The number of hydrogen-bond acceptors (Lipinski definition) is 3. The number of sulfone groups is 1. The smallest absolute Gasteiger partial charge is 0.227 e. The molecule has 1 saturated heterocycles. The van der Waals surface area contributed by atoms with Crippen LogP contribution in [0.1, 0.15) is 17.7 Å². The molecule has 3 rings (SSSR count). The van der Waals surface area contributed by atoms with Crippen LogP contribution in [-0.2, 0) is 21.1 Å². The molecule has 0 saturated carbocycles. The molecule has 0 unspecified atom stereocenters. The van der Waals surface area contributed by atoms with E-state index in [1.165, 1.54) is 0 Å². The van der Waals surface area contributed by atoms with Crippen molar-refractivity contribution in [3.63, 3.8) is 0 Å². The second-order valence-corrected chi connectivity index (χ2v) is 8.24. The number of para-hydroxylation sites is 1. The van der Waals surface area contributed by atoms with Crippen molar-refractivity contribution in [2.75, 3.05) is 18.6 Å². The van der Waals surface area contributed by atoms with Crippen molar-refractivity contribution in [3.05, 3.63) is 35.5 Å². The highest BCUT2D eigenvalue weighted by Gasteiger charge is 2.32. The van der Waals surface area contributed by atoms with Gasteiger partial charge in [-0.2, -0.15) is 0 Å². The highest BCUT2D eigenvalue weighted by molar-refractivity contribution is 7.91. The predicted molar refractivity (Wildman–Crippen MR) is 86.6 cm³/mol. The SMILES string of the molecule is Cc1[nH]c2ccccc2c1CC(=O)N(C)[C@H]1CCS(=O)(=O)C1. The van der Waals surface area contributed by atoms with Gasteiger partial charge in [0.1, 0.15) is 0 Å². The molecule has 2 aromatic rings. The Bertz CT molecular complexity index is 823. The van der Waals surface area contributed by atoms with Gasteiger partial charge in [0.25, 0.3) is 0 Å². The van der Waals surface area contributed by atoms with Crippen molar-refractivity contribution in [2.24, 2.45) is 0 Å². The Morgan fingerprint density at radius 2 is 2.09 bits per heavy atom. The number of carbonyl (C=O) groups excluding carboxylic acids is 1. The molecule has 1 amide bonds. The fraction of sp³-hybridized carbons (Fsp3) is 0.438. The van der Waals surface area contributed by atoms with Crippen LogP contribution in [0.4, 0.5) is 0 Å². The number of carbonyl (C=O) groups is 1. The molecular weight excluding hydrogens is 300 g/mol. The zero-order valence-corrected chi connectivity index (χ0v) is 13.6. The predicted octanol–water partition coefficient (Wildman–Crippen LogP) is 1.66. The average Bonchev–Trinajstić information content (AvgIpc) is 2.98. The van der Waals surface area contributed by atoms with Gasteiger partial charge in [0.05, 0.1) is 17.9 Å². The fourth-order valence-corrected chi connectivity index (χ4v) is 4.90. The van der Waals surface area contributed by atoms with Crippen molar-refractivity contribution >= 4 is 26.6 Å². The lowest BCUT2D eigenvalue weighted by Gasteiger charge is -2.23. The normalized spacial score (nSPS) is 20.4. The van der Waals surface area contributed by atoms with E-state index in [2.05, 4.69) is 4.98 Å². The molecule has 0 aliphatic carbocycles. The number of aromatic nitrogens is 1. The average molecular weight is 320 g/mol. The number of fused-ring (bicyclic) bond motifs is 1. The lowest BCUT2D eigenvalue weighted by atomic mass is 10.1. The van der Waals surface area contributed by atoms with Crippen LogP contribution in [0, 0.1) is 6.92 Å². The number of hydrogen-bond donors (Lipinski definition) is 1. The minimum atomic E-state index is -2.98. The highest BCUT2D eigenvalue weighted by Crippen LogP contribution is 2.24. The van der Waals surface area contributed by atoms with E-state index in [-0.39, 0.29) is 23.5 Å². The summed E-state index contributed by atoms with van der Waals surface area (Å²) in [7, 11) is -1.27. The quantitative estimate of drug-likeness (QED) is 0.935. The molecule has 22 heavy (non-hydrogen) atoms. The minimum Gasteiger partial charge on any atom is -0.358 e. The molecular formula is C16H20N2O3S. The third-order valence-corrected chi connectivity index (χ3v) is 6.25. The maximum Gasteiger partial charge on any atom is 0.227 e. The van der Waals surface area contributed by atoms with E-state index in [1.54, 1.807) is 11.9 Å². The van der Waals surface area contributed by atoms with Crippen LogP contribution in [0.5, 0.6) is 0 Å². The Morgan fingerprint density at radius 3 is 2.77 bits per heavy atom. The van der Waals surface area contributed by atoms with Crippen molar-refractivity contribution < 1.29 is 13.2 Å². The first-order valence-corrected chi connectivity index (χ1v) is 9.22. The summed E-state index contributed by atoms with van der Waals surface area (Å²) in [6.07, 6.45) is 0.834. The zero-order valence-electron chi connectivity index (χ0n) is 12.8. The largest absolute Gasteiger partial charge is 0.358 e. The van der Waals surface area contributed by atoms with E-state index >= 15 is 0 Å². The molecule has 0 bridgehead atoms. The maximum absolute atomic E-state index is 12.5. The first kappa shape index (κ1) is 15.1. The highest BCUT2D eigenvalue weighted by atomic mass is 32.2. The van der Waals surface area contributed by atoms with Gasteiger partial charge >= 0.3 is 0 Å². The number of nitrogens with one attached hydrogen (secondary N) is 1. The lowest BCUT2D eigenvalue weighted by Crippen LogP contribution is -2.38. The second-order valence-electron chi connectivity index (χ2n) is 6.01. The molecule has 1 N–H and O–H groups in total.